The van der Waals surface area contributed by atoms with Crippen LogP contribution in [0.15, 0.2) is 18.2 Å². The molecule has 1 heterocycles. The molecule has 0 bridgehead atoms. The Labute approximate surface area is 145 Å². The number of carbonyl (C=O) groups is 2. The zero-order valence-corrected chi connectivity index (χ0v) is 14.1. The minimum Gasteiger partial charge on any atom is -0.350 e. The quantitative estimate of drug-likeness (QED) is 0.780. The van der Waals surface area contributed by atoms with Crippen LogP contribution >= 0.6 is 23.2 Å². The van der Waals surface area contributed by atoms with Gasteiger partial charge in [-0.2, -0.15) is 0 Å². The molecule has 3 rings (SSSR count). The van der Waals surface area contributed by atoms with E-state index in [2.05, 4.69) is 16.0 Å². The zero-order valence-electron chi connectivity index (χ0n) is 12.6. The van der Waals surface area contributed by atoms with Crippen LogP contribution in [0.3, 0.4) is 0 Å². The molecule has 1 aromatic carbocycles. The van der Waals surface area contributed by atoms with Crippen LogP contribution in [0.25, 0.3) is 0 Å². The Morgan fingerprint density at radius 3 is 2.74 bits per heavy atom. The van der Waals surface area contributed by atoms with Crippen LogP contribution in [0.5, 0.6) is 0 Å². The number of carbonyl (C=O) groups excluding carboxylic acids is 2. The van der Waals surface area contributed by atoms with Gasteiger partial charge in [0, 0.05) is 12.1 Å². The van der Waals surface area contributed by atoms with Gasteiger partial charge < -0.3 is 16.0 Å². The van der Waals surface area contributed by atoms with E-state index in [9.17, 15) is 9.59 Å². The molecular weight excluding hydrogens is 337 g/mol. The average molecular weight is 356 g/mol. The molecule has 1 aliphatic heterocycles. The molecule has 0 spiro atoms. The van der Waals surface area contributed by atoms with Crippen molar-refractivity contribution in [1.82, 2.24) is 10.6 Å². The zero-order chi connectivity index (χ0) is 16.4. The van der Waals surface area contributed by atoms with Crippen LogP contribution in [0.2, 0.25) is 10.0 Å². The number of benzene rings is 1. The Kier molecular flexibility index (Phi) is 5.09. The van der Waals surface area contributed by atoms with Crippen LogP contribution < -0.4 is 16.0 Å². The van der Waals surface area contributed by atoms with E-state index in [4.69, 9.17) is 23.2 Å². The minimum atomic E-state index is -0.507. The lowest BCUT2D eigenvalue weighted by Gasteiger charge is -2.40. The molecule has 7 heteroatoms. The third-order valence-electron chi connectivity index (χ3n) is 4.44. The smallest absolute Gasteiger partial charge is 0.237 e. The second-order valence-corrected chi connectivity index (χ2v) is 6.86. The lowest BCUT2D eigenvalue weighted by molar-refractivity contribution is -0.129. The molecule has 1 saturated heterocycles. The Hall–Kier alpha value is -1.30. The molecular formula is C16H19Cl2N3O2. The summed E-state index contributed by atoms with van der Waals surface area (Å²) in [4.78, 5) is 24.4. The highest BCUT2D eigenvalue weighted by Crippen LogP contribution is 2.29. The van der Waals surface area contributed by atoms with Gasteiger partial charge in [-0.05, 0) is 25.0 Å². The Morgan fingerprint density at radius 2 is 1.96 bits per heavy atom. The predicted molar refractivity (Wildman–Crippen MR) is 90.8 cm³/mol. The van der Waals surface area contributed by atoms with Crippen LogP contribution in [0, 0.1) is 0 Å². The van der Waals surface area contributed by atoms with Crippen molar-refractivity contribution in [2.75, 3.05) is 5.32 Å². The monoisotopic (exact) mass is 355 g/mol. The molecule has 1 aromatic rings. The van der Waals surface area contributed by atoms with E-state index in [1.807, 2.05) is 0 Å². The summed E-state index contributed by atoms with van der Waals surface area (Å²) in [7, 11) is 0. The van der Waals surface area contributed by atoms with Gasteiger partial charge in [-0.1, -0.05) is 42.1 Å². The first-order chi connectivity index (χ1) is 11.0. The van der Waals surface area contributed by atoms with Gasteiger partial charge in [-0.3, -0.25) is 9.59 Å². The predicted octanol–water partition coefficient (Wildman–Crippen LogP) is 2.72. The second-order valence-electron chi connectivity index (χ2n) is 6.08. The SMILES string of the molecule is O=C(C[C@@H]1N[C@H]2CCCC[C@H]2NC1=O)Nc1cccc(Cl)c1Cl. The maximum atomic E-state index is 12.2. The van der Waals surface area contributed by atoms with Crippen LogP contribution in [0.4, 0.5) is 5.69 Å². The highest BCUT2D eigenvalue weighted by molar-refractivity contribution is 6.44. The summed E-state index contributed by atoms with van der Waals surface area (Å²) in [5.41, 5.74) is 0.455. The molecule has 2 amide bonds. The number of rotatable bonds is 3. The van der Waals surface area contributed by atoms with E-state index in [0.29, 0.717) is 15.7 Å². The first-order valence-corrected chi connectivity index (χ1v) is 8.60. The average Bonchev–Trinajstić information content (AvgIpc) is 2.52. The van der Waals surface area contributed by atoms with E-state index in [-0.39, 0.29) is 30.3 Å². The van der Waals surface area contributed by atoms with Gasteiger partial charge in [0.15, 0.2) is 0 Å². The van der Waals surface area contributed by atoms with Crippen molar-refractivity contribution in [2.24, 2.45) is 0 Å². The maximum Gasteiger partial charge on any atom is 0.237 e. The largest absolute Gasteiger partial charge is 0.350 e. The topological polar surface area (TPSA) is 70.2 Å². The van der Waals surface area contributed by atoms with Gasteiger partial charge in [0.2, 0.25) is 11.8 Å². The summed E-state index contributed by atoms with van der Waals surface area (Å²) in [6.45, 7) is 0. The van der Waals surface area contributed by atoms with Crippen LogP contribution in [-0.4, -0.2) is 29.9 Å². The molecule has 23 heavy (non-hydrogen) atoms. The molecule has 0 aromatic heterocycles. The van der Waals surface area contributed by atoms with E-state index in [1.54, 1.807) is 18.2 Å². The van der Waals surface area contributed by atoms with E-state index in [1.165, 1.54) is 0 Å². The molecule has 0 radical (unpaired) electrons. The number of halogens is 2. The van der Waals surface area contributed by atoms with Crippen molar-refractivity contribution in [2.45, 2.75) is 50.2 Å². The van der Waals surface area contributed by atoms with Crippen molar-refractivity contribution >= 4 is 40.7 Å². The summed E-state index contributed by atoms with van der Waals surface area (Å²) >= 11 is 12.0. The van der Waals surface area contributed by atoms with E-state index in [0.717, 1.165) is 25.7 Å². The number of hydrogen-bond acceptors (Lipinski definition) is 3. The molecule has 2 aliphatic rings. The maximum absolute atomic E-state index is 12.2. The number of nitrogens with one attached hydrogen (secondary N) is 3. The Balaban J connectivity index is 1.61. The number of piperazine rings is 1. The normalized spacial score (nSPS) is 27.0. The van der Waals surface area contributed by atoms with Crippen molar-refractivity contribution in [3.05, 3.63) is 28.2 Å². The Morgan fingerprint density at radius 1 is 1.22 bits per heavy atom. The Bertz CT molecular complexity index is 623. The first kappa shape index (κ1) is 16.6. The number of hydrogen-bond donors (Lipinski definition) is 3. The van der Waals surface area contributed by atoms with E-state index >= 15 is 0 Å². The molecule has 3 N–H and O–H groups in total. The molecule has 1 saturated carbocycles. The van der Waals surface area contributed by atoms with Gasteiger partial charge in [0.25, 0.3) is 0 Å². The van der Waals surface area contributed by atoms with Crippen molar-refractivity contribution in [1.29, 1.82) is 0 Å². The van der Waals surface area contributed by atoms with Crippen molar-refractivity contribution in [3.63, 3.8) is 0 Å². The summed E-state index contributed by atoms with van der Waals surface area (Å²) in [5.74, 6) is -0.378. The molecule has 0 unspecified atom stereocenters. The summed E-state index contributed by atoms with van der Waals surface area (Å²) in [6, 6.07) is 4.98. The third-order valence-corrected chi connectivity index (χ3v) is 5.26. The van der Waals surface area contributed by atoms with Gasteiger partial charge >= 0.3 is 0 Å². The summed E-state index contributed by atoms with van der Waals surface area (Å²) < 4.78 is 0. The molecule has 2 fully saturated rings. The van der Waals surface area contributed by atoms with Crippen LogP contribution in [-0.2, 0) is 9.59 Å². The number of anilines is 1. The fraction of sp³-hybridized carbons (Fsp3) is 0.500. The number of fused-ring (bicyclic) bond motifs is 1. The van der Waals surface area contributed by atoms with Crippen molar-refractivity contribution < 1.29 is 9.59 Å². The molecule has 124 valence electrons. The lowest BCUT2D eigenvalue weighted by Crippen LogP contribution is -2.65. The minimum absolute atomic E-state index is 0.0674. The van der Waals surface area contributed by atoms with Gasteiger partial charge in [-0.15, -0.1) is 0 Å². The molecule has 3 atom stereocenters. The van der Waals surface area contributed by atoms with Crippen LogP contribution in [0.1, 0.15) is 32.1 Å². The summed E-state index contributed by atoms with van der Waals surface area (Å²) in [5, 5.41) is 9.74. The highest BCUT2D eigenvalue weighted by atomic mass is 35.5. The lowest BCUT2D eigenvalue weighted by atomic mass is 9.87. The number of amides is 2. The van der Waals surface area contributed by atoms with Crippen molar-refractivity contribution in [3.8, 4) is 0 Å². The standard InChI is InChI=1S/C16H19Cl2N3O2/c17-9-4-3-7-12(15(9)18)20-14(22)8-13-16(23)21-11-6-2-1-5-10(11)19-13/h3-4,7,10-11,13,19H,1-2,5-6,8H2,(H,20,22)(H,21,23)/t10-,11+,13-/m0/s1. The van der Waals surface area contributed by atoms with Gasteiger partial charge in [-0.25, -0.2) is 0 Å². The summed E-state index contributed by atoms with van der Waals surface area (Å²) in [6.07, 6.45) is 4.39. The first-order valence-electron chi connectivity index (χ1n) is 7.85. The fourth-order valence-electron chi connectivity index (χ4n) is 3.26. The molecule has 5 nitrogen and oxygen atoms in total. The molecule has 1 aliphatic carbocycles. The van der Waals surface area contributed by atoms with E-state index < -0.39 is 6.04 Å². The highest BCUT2D eigenvalue weighted by Gasteiger charge is 2.36. The second kappa shape index (κ2) is 7.07. The van der Waals surface area contributed by atoms with Gasteiger partial charge in [0.1, 0.15) is 0 Å². The van der Waals surface area contributed by atoms with Gasteiger partial charge in [0.05, 0.1) is 28.2 Å². The fourth-order valence-corrected chi connectivity index (χ4v) is 3.61. The third kappa shape index (κ3) is 3.79.